The Kier molecular flexibility index (Phi) is 6.14. The van der Waals surface area contributed by atoms with Crippen molar-refractivity contribution in [3.8, 4) is 0 Å². The number of hydrogen-bond acceptors (Lipinski definition) is 5. The number of aryl methyl sites for hydroxylation is 1. The maximum absolute atomic E-state index is 12.6. The molecule has 1 fully saturated rings. The molecule has 2 amide bonds. The number of rotatable bonds is 5. The average molecular weight is 383 g/mol. The lowest BCUT2D eigenvalue weighted by Gasteiger charge is -2.25. The van der Waals surface area contributed by atoms with Gasteiger partial charge in [0.2, 0.25) is 0 Å². The van der Waals surface area contributed by atoms with Gasteiger partial charge in [-0.1, -0.05) is 26.0 Å². The molecule has 0 spiro atoms. The number of nitrogens with one attached hydrogen (secondary N) is 2. The first-order valence-electron chi connectivity index (χ1n) is 9.72. The Hall–Kier alpha value is -2.67. The van der Waals surface area contributed by atoms with Gasteiger partial charge in [-0.25, -0.2) is 4.79 Å². The summed E-state index contributed by atoms with van der Waals surface area (Å²) in [6.45, 7) is 7.71. The van der Waals surface area contributed by atoms with Gasteiger partial charge in [0.1, 0.15) is 0 Å². The summed E-state index contributed by atoms with van der Waals surface area (Å²) in [6.07, 6.45) is 0. The van der Waals surface area contributed by atoms with E-state index in [9.17, 15) is 4.79 Å². The Morgan fingerprint density at radius 2 is 1.82 bits per heavy atom. The molecule has 2 aromatic rings. The number of amides is 2. The molecule has 3 rings (SSSR count). The fourth-order valence-electron chi connectivity index (χ4n) is 3.49. The van der Waals surface area contributed by atoms with E-state index >= 15 is 0 Å². The first kappa shape index (κ1) is 20.1. The van der Waals surface area contributed by atoms with Crippen molar-refractivity contribution in [1.82, 2.24) is 20.4 Å². The minimum absolute atomic E-state index is 0.00644. The van der Waals surface area contributed by atoms with Gasteiger partial charge in [-0.2, -0.15) is 5.10 Å². The van der Waals surface area contributed by atoms with Crippen molar-refractivity contribution >= 4 is 17.5 Å². The zero-order chi connectivity index (χ0) is 20.3. The highest BCUT2D eigenvalue weighted by Gasteiger charge is 2.36. The number of hydrogen-bond donors (Lipinski definition) is 2. The molecule has 7 nitrogen and oxygen atoms in total. The monoisotopic (exact) mass is 382 g/mol. The van der Waals surface area contributed by atoms with E-state index in [-0.39, 0.29) is 18.1 Å². The molecule has 1 aromatic carbocycles. The van der Waals surface area contributed by atoms with E-state index < -0.39 is 0 Å². The predicted molar refractivity (Wildman–Crippen MR) is 113 cm³/mol. The second-order valence-corrected chi connectivity index (χ2v) is 7.95. The van der Waals surface area contributed by atoms with Crippen molar-refractivity contribution in [2.45, 2.75) is 38.8 Å². The van der Waals surface area contributed by atoms with Crippen LogP contribution in [0.4, 0.5) is 16.3 Å². The number of likely N-dealkylation sites (N-methyl/N-ethyl adjacent to an activating group) is 1. The molecule has 0 aliphatic carbocycles. The number of nitrogens with zero attached hydrogens (tertiary/aromatic N) is 4. The highest BCUT2D eigenvalue weighted by molar-refractivity contribution is 5.89. The summed E-state index contributed by atoms with van der Waals surface area (Å²) in [5, 5.41) is 14.5. The van der Waals surface area contributed by atoms with Crippen LogP contribution in [0.5, 0.6) is 0 Å². The summed E-state index contributed by atoms with van der Waals surface area (Å²) >= 11 is 0. The molecule has 0 radical (unpaired) electrons. The van der Waals surface area contributed by atoms with E-state index in [2.05, 4.69) is 56.6 Å². The highest BCUT2D eigenvalue weighted by Crippen LogP contribution is 2.21. The van der Waals surface area contributed by atoms with E-state index in [4.69, 9.17) is 0 Å². The molecule has 2 N–H and O–H groups in total. The van der Waals surface area contributed by atoms with E-state index in [1.165, 1.54) is 5.56 Å². The normalized spacial score (nSPS) is 19.3. The first-order chi connectivity index (χ1) is 13.3. The molecule has 28 heavy (non-hydrogen) atoms. The van der Waals surface area contributed by atoms with Gasteiger partial charge in [-0.05, 0) is 56.8 Å². The van der Waals surface area contributed by atoms with Gasteiger partial charge < -0.3 is 20.4 Å². The van der Waals surface area contributed by atoms with Gasteiger partial charge in [-0.15, -0.1) is 5.10 Å². The summed E-state index contributed by atoms with van der Waals surface area (Å²) in [6, 6.07) is 11.9. The molecule has 1 aliphatic heterocycles. The summed E-state index contributed by atoms with van der Waals surface area (Å²) in [4.78, 5) is 16.9. The third-order valence-corrected chi connectivity index (χ3v) is 5.21. The zero-order valence-electron chi connectivity index (χ0n) is 17.3. The Morgan fingerprint density at radius 1 is 1.11 bits per heavy atom. The third-order valence-electron chi connectivity index (χ3n) is 5.21. The molecule has 1 saturated heterocycles. The zero-order valence-corrected chi connectivity index (χ0v) is 17.3. The van der Waals surface area contributed by atoms with Gasteiger partial charge in [-0.3, -0.25) is 0 Å². The summed E-state index contributed by atoms with van der Waals surface area (Å²) in [5.41, 5.74) is 2.94. The van der Waals surface area contributed by atoms with Crippen LogP contribution >= 0.6 is 0 Å². The van der Waals surface area contributed by atoms with Crippen LogP contribution in [0.25, 0.3) is 0 Å². The maximum atomic E-state index is 12.6. The smallest absolute Gasteiger partial charge is 0.319 e. The number of benzene rings is 1. The minimum Gasteiger partial charge on any atom is -0.351 e. The number of aromatic nitrogens is 2. The third kappa shape index (κ3) is 4.78. The van der Waals surface area contributed by atoms with Crippen LogP contribution < -0.4 is 15.5 Å². The fraction of sp³-hybridized carbons (Fsp3) is 0.476. The van der Waals surface area contributed by atoms with Crippen molar-refractivity contribution < 1.29 is 4.79 Å². The molecule has 0 unspecified atom stereocenters. The molecule has 2 atom stereocenters. The number of anilines is 2. The van der Waals surface area contributed by atoms with Crippen LogP contribution in [0.15, 0.2) is 36.4 Å². The van der Waals surface area contributed by atoms with Crippen molar-refractivity contribution in [3.05, 3.63) is 47.7 Å². The Bertz CT molecular complexity index is 788. The van der Waals surface area contributed by atoms with Gasteiger partial charge in [0.15, 0.2) is 5.82 Å². The van der Waals surface area contributed by atoms with Crippen molar-refractivity contribution in [2.75, 3.05) is 37.4 Å². The molecular weight excluding hydrogens is 352 g/mol. The van der Waals surface area contributed by atoms with E-state index in [1.54, 1.807) is 0 Å². The van der Waals surface area contributed by atoms with Crippen LogP contribution in [0, 0.1) is 6.92 Å². The van der Waals surface area contributed by atoms with Crippen LogP contribution in [0.3, 0.4) is 0 Å². The molecule has 0 saturated carbocycles. The lowest BCUT2D eigenvalue weighted by molar-refractivity contribution is 0.235. The molecule has 1 aromatic heterocycles. The quantitative estimate of drug-likeness (QED) is 0.832. The first-order valence-corrected chi connectivity index (χ1v) is 9.72. The van der Waals surface area contributed by atoms with E-state index in [0.29, 0.717) is 12.5 Å². The largest absolute Gasteiger partial charge is 0.351 e. The van der Waals surface area contributed by atoms with Gasteiger partial charge >= 0.3 is 6.03 Å². The van der Waals surface area contributed by atoms with Crippen molar-refractivity contribution in [2.24, 2.45) is 0 Å². The predicted octanol–water partition coefficient (Wildman–Crippen LogP) is 2.85. The molecule has 0 bridgehead atoms. The summed E-state index contributed by atoms with van der Waals surface area (Å²) in [7, 11) is 4.07. The van der Waals surface area contributed by atoms with E-state index in [1.807, 2.05) is 45.3 Å². The molecule has 7 heteroatoms. The highest BCUT2D eigenvalue weighted by atomic mass is 16.2. The maximum Gasteiger partial charge on any atom is 0.319 e. The Morgan fingerprint density at radius 3 is 2.39 bits per heavy atom. The lowest BCUT2D eigenvalue weighted by Crippen LogP contribution is -2.49. The molecule has 1 aliphatic rings. The second-order valence-electron chi connectivity index (χ2n) is 7.95. The number of urea groups is 1. The Balaban J connectivity index is 1.63. The number of carbonyl (C=O) groups is 1. The fourth-order valence-corrected chi connectivity index (χ4v) is 3.49. The Labute approximate surface area is 167 Å². The van der Waals surface area contributed by atoms with Crippen LogP contribution in [-0.4, -0.2) is 60.4 Å². The lowest BCUT2D eigenvalue weighted by atomic mass is 10.0. The topological polar surface area (TPSA) is 73.4 Å². The van der Waals surface area contributed by atoms with Crippen LogP contribution in [-0.2, 0) is 0 Å². The summed E-state index contributed by atoms with van der Waals surface area (Å²) < 4.78 is 0. The minimum atomic E-state index is -0.189. The standard InChI is InChI=1S/C21H30N6O/c1-14(2)16-7-9-17(10-8-16)22-21(28)23-18-12-27(13-19(18)26(4)5)20-11-6-15(3)24-25-20/h6-11,14,18-19H,12-13H2,1-5H3,(H2,22,23,28)/t18-,19+/m0/s1. The van der Waals surface area contributed by atoms with Crippen molar-refractivity contribution in [3.63, 3.8) is 0 Å². The van der Waals surface area contributed by atoms with Crippen LogP contribution in [0.2, 0.25) is 0 Å². The second kappa shape index (κ2) is 8.56. The molecular formula is C21H30N6O. The SMILES string of the molecule is Cc1ccc(N2C[C@H](NC(=O)Nc3ccc(C(C)C)cc3)[C@H](N(C)C)C2)nn1. The molecule has 150 valence electrons. The number of carbonyl (C=O) groups excluding carboxylic acids is 1. The van der Waals surface area contributed by atoms with Crippen molar-refractivity contribution in [1.29, 1.82) is 0 Å². The van der Waals surface area contributed by atoms with Crippen LogP contribution in [0.1, 0.15) is 31.0 Å². The summed E-state index contributed by atoms with van der Waals surface area (Å²) in [5.74, 6) is 1.31. The van der Waals surface area contributed by atoms with Gasteiger partial charge in [0.25, 0.3) is 0 Å². The molecule has 2 heterocycles. The van der Waals surface area contributed by atoms with Gasteiger partial charge in [0, 0.05) is 24.8 Å². The van der Waals surface area contributed by atoms with Gasteiger partial charge in [0.05, 0.1) is 11.7 Å². The van der Waals surface area contributed by atoms with E-state index in [0.717, 1.165) is 23.7 Å². The average Bonchev–Trinajstić information content (AvgIpc) is 3.06.